The first-order valence-electron chi connectivity index (χ1n) is 8.47. The summed E-state index contributed by atoms with van der Waals surface area (Å²) in [7, 11) is 0. The zero-order valence-electron chi connectivity index (χ0n) is 14.4. The van der Waals surface area contributed by atoms with Gasteiger partial charge in [0.1, 0.15) is 5.82 Å². The number of pyridine rings is 1. The zero-order chi connectivity index (χ0) is 18.6. The molecule has 0 bridgehead atoms. The van der Waals surface area contributed by atoms with Gasteiger partial charge in [-0.25, -0.2) is 4.98 Å². The van der Waals surface area contributed by atoms with Gasteiger partial charge in [0.2, 0.25) is 0 Å². The number of hydrogen-bond donors (Lipinski definition) is 2. The topological polar surface area (TPSA) is 105 Å². The summed E-state index contributed by atoms with van der Waals surface area (Å²) < 4.78 is 3.54. The van der Waals surface area contributed by atoms with Gasteiger partial charge in [0.15, 0.2) is 5.82 Å². The molecular weight excluding hydrogens is 342 g/mol. The molecule has 0 amide bonds. The minimum atomic E-state index is 0.0392. The first kappa shape index (κ1) is 16.8. The minimum absolute atomic E-state index is 0.0392. The summed E-state index contributed by atoms with van der Waals surface area (Å²) in [6, 6.07) is 13.4. The first-order chi connectivity index (χ1) is 13.2. The van der Waals surface area contributed by atoms with Gasteiger partial charge >= 0.3 is 0 Å². The lowest BCUT2D eigenvalue weighted by Crippen LogP contribution is -2.04. The SMILES string of the molecule is N#Cc1cccc(Cn2ncc3cnc(Nc4ccn(CCO)n4)cc32)c1. The third-order valence-corrected chi connectivity index (χ3v) is 4.14. The quantitative estimate of drug-likeness (QED) is 0.547. The predicted octanol–water partition coefficient (Wildman–Crippen LogP) is 2.28. The molecule has 0 radical (unpaired) electrons. The van der Waals surface area contributed by atoms with Crippen LogP contribution in [0.5, 0.6) is 0 Å². The highest BCUT2D eigenvalue weighted by atomic mass is 16.3. The molecule has 4 aromatic rings. The molecule has 3 aromatic heterocycles. The highest BCUT2D eigenvalue weighted by molar-refractivity contribution is 5.80. The van der Waals surface area contributed by atoms with Crippen molar-refractivity contribution in [3.63, 3.8) is 0 Å². The molecule has 0 fully saturated rings. The van der Waals surface area contributed by atoms with E-state index in [0.717, 1.165) is 16.5 Å². The van der Waals surface area contributed by atoms with E-state index in [2.05, 4.69) is 26.6 Å². The van der Waals surface area contributed by atoms with Crippen LogP contribution in [0.2, 0.25) is 0 Å². The number of anilines is 2. The van der Waals surface area contributed by atoms with Crippen LogP contribution in [0.3, 0.4) is 0 Å². The molecule has 0 saturated carbocycles. The van der Waals surface area contributed by atoms with E-state index in [4.69, 9.17) is 10.4 Å². The summed E-state index contributed by atoms with van der Waals surface area (Å²) in [6.07, 6.45) is 5.33. The van der Waals surface area contributed by atoms with Crippen LogP contribution in [0, 0.1) is 11.3 Å². The third kappa shape index (κ3) is 3.63. The molecule has 27 heavy (non-hydrogen) atoms. The molecule has 0 unspecified atom stereocenters. The molecule has 0 saturated heterocycles. The van der Waals surface area contributed by atoms with Gasteiger partial charge in [-0.2, -0.15) is 15.5 Å². The fourth-order valence-corrected chi connectivity index (χ4v) is 2.87. The zero-order valence-corrected chi connectivity index (χ0v) is 14.4. The lowest BCUT2D eigenvalue weighted by Gasteiger charge is -2.06. The first-order valence-corrected chi connectivity index (χ1v) is 8.47. The lowest BCUT2D eigenvalue weighted by atomic mass is 10.1. The molecule has 4 rings (SSSR count). The number of aromatic nitrogens is 5. The van der Waals surface area contributed by atoms with Gasteiger partial charge in [-0.15, -0.1) is 0 Å². The summed E-state index contributed by atoms with van der Waals surface area (Å²) >= 11 is 0. The molecule has 8 heteroatoms. The van der Waals surface area contributed by atoms with Crippen molar-refractivity contribution >= 4 is 22.5 Å². The van der Waals surface area contributed by atoms with Crippen LogP contribution in [0.25, 0.3) is 10.9 Å². The van der Waals surface area contributed by atoms with Crippen LogP contribution < -0.4 is 5.32 Å². The second-order valence-corrected chi connectivity index (χ2v) is 6.06. The Morgan fingerprint density at radius 2 is 2.07 bits per heavy atom. The predicted molar refractivity (Wildman–Crippen MR) is 100 cm³/mol. The number of rotatable bonds is 6. The molecule has 2 N–H and O–H groups in total. The molecule has 0 aliphatic carbocycles. The molecule has 1 aromatic carbocycles. The monoisotopic (exact) mass is 359 g/mol. The minimum Gasteiger partial charge on any atom is -0.394 e. The number of nitrogens with one attached hydrogen (secondary N) is 1. The fourth-order valence-electron chi connectivity index (χ4n) is 2.87. The number of hydrogen-bond acceptors (Lipinski definition) is 6. The molecule has 8 nitrogen and oxygen atoms in total. The van der Waals surface area contributed by atoms with E-state index < -0.39 is 0 Å². The van der Waals surface area contributed by atoms with Crippen molar-refractivity contribution in [3.8, 4) is 6.07 Å². The fraction of sp³-hybridized carbons (Fsp3) is 0.158. The van der Waals surface area contributed by atoms with Gasteiger partial charge < -0.3 is 10.4 Å². The Hall–Kier alpha value is -3.70. The summed E-state index contributed by atoms with van der Waals surface area (Å²) in [5.74, 6) is 1.31. The van der Waals surface area contributed by atoms with E-state index in [-0.39, 0.29) is 6.61 Å². The molecule has 0 aliphatic rings. The maximum Gasteiger partial charge on any atom is 0.153 e. The average molecular weight is 359 g/mol. The van der Waals surface area contributed by atoms with Gasteiger partial charge in [-0.05, 0) is 17.7 Å². The Morgan fingerprint density at radius 1 is 1.15 bits per heavy atom. The van der Waals surface area contributed by atoms with E-state index in [1.54, 1.807) is 29.3 Å². The van der Waals surface area contributed by atoms with Crippen LogP contribution in [0.1, 0.15) is 11.1 Å². The summed E-state index contributed by atoms with van der Waals surface area (Å²) in [6.45, 7) is 1.05. The van der Waals surface area contributed by atoms with Crippen molar-refractivity contribution in [2.24, 2.45) is 0 Å². The van der Waals surface area contributed by atoms with Crippen molar-refractivity contribution in [2.75, 3.05) is 11.9 Å². The summed E-state index contributed by atoms with van der Waals surface area (Å²) in [4.78, 5) is 4.40. The van der Waals surface area contributed by atoms with E-state index >= 15 is 0 Å². The van der Waals surface area contributed by atoms with Crippen LogP contribution in [0.15, 0.2) is 55.0 Å². The number of nitrogens with zero attached hydrogens (tertiary/aromatic N) is 6. The largest absolute Gasteiger partial charge is 0.394 e. The molecular formula is C19H17N7O. The van der Waals surface area contributed by atoms with Crippen LogP contribution in [-0.2, 0) is 13.1 Å². The van der Waals surface area contributed by atoms with E-state index in [0.29, 0.717) is 30.3 Å². The Morgan fingerprint density at radius 3 is 2.93 bits per heavy atom. The summed E-state index contributed by atoms with van der Waals surface area (Å²) in [5.41, 5.74) is 2.57. The lowest BCUT2D eigenvalue weighted by molar-refractivity contribution is 0.269. The Balaban J connectivity index is 1.59. The third-order valence-electron chi connectivity index (χ3n) is 4.14. The number of aliphatic hydroxyl groups excluding tert-OH is 1. The number of nitriles is 1. The van der Waals surface area contributed by atoms with Crippen molar-refractivity contribution < 1.29 is 5.11 Å². The number of fused-ring (bicyclic) bond motifs is 1. The Bertz CT molecular complexity index is 1120. The van der Waals surface area contributed by atoms with Gasteiger partial charge in [0.05, 0.1) is 43.0 Å². The van der Waals surface area contributed by atoms with Gasteiger partial charge in [-0.3, -0.25) is 9.36 Å². The van der Waals surface area contributed by atoms with Crippen molar-refractivity contribution in [3.05, 3.63) is 66.1 Å². The highest BCUT2D eigenvalue weighted by Gasteiger charge is 2.08. The molecule has 3 heterocycles. The maximum atomic E-state index is 9.06. The maximum absolute atomic E-state index is 9.06. The van der Waals surface area contributed by atoms with Crippen molar-refractivity contribution in [2.45, 2.75) is 13.1 Å². The average Bonchev–Trinajstić information content (AvgIpc) is 3.29. The van der Waals surface area contributed by atoms with Gasteiger partial charge in [-0.1, -0.05) is 12.1 Å². The standard InChI is InChI=1S/C19H17N7O/c20-10-14-2-1-3-15(8-14)13-26-17-9-19(21-11-16(17)12-22-26)23-18-4-5-25(24-18)6-7-27/h1-5,8-9,11-12,27H,6-7,13H2,(H,21,23,24). The van der Waals surface area contributed by atoms with Crippen LogP contribution in [0.4, 0.5) is 11.6 Å². The Labute approximate surface area is 155 Å². The number of benzene rings is 1. The second-order valence-electron chi connectivity index (χ2n) is 6.06. The molecule has 0 spiro atoms. The molecule has 0 atom stereocenters. The Kier molecular flexibility index (Phi) is 4.51. The summed E-state index contributed by atoms with van der Waals surface area (Å²) in [5, 5.41) is 30.9. The van der Waals surface area contributed by atoms with Gasteiger partial charge in [0.25, 0.3) is 0 Å². The number of aliphatic hydroxyl groups is 1. The van der Waals surface area contributed by atoms with E-state index in [1.807, 2.05) is 35.0 Å². The highest BCUT2D eigenvalue weighted by Crippen LogP contribution is 2.20. The van der Waals surface area contributed by atoms with Gasteiger partial charge in [0, 0.05) is 29.9 Å². The van der Waals surface area contributed by atoms with Crippen molar-refractivity contribution in [1.29, 1.82) is 5.26 Å². The van der Waals surface area contributed by atoms with Crippen LogP contribution >= 0.6 is 0 Å². The van der Waals surface area contributed by atoms with E-state index in [9.17, 15) is 0 Å². The molecule has 0 aliphatic heterocycles. The van der Waals surface area contributed by atoms with E-state index in [1.165, 1.54) is 0 Å². The second kappa shape index (κ2) is 7.27. The van der Waals surface area contributed by atoms with Crippen LogP contribution in [-0.4, -0.2) is 36.3 Å². The smallest absolute Gasteiger partial charge is 0.153 e. The normalized spacial score (nSPS) is 10.8. The van der Waals surface area contributed by atoms with Crippen molar-refractivity contribution in [1.82, 2.24) is 24.5 Å². The molecule has 134 valence electrons.